The van der Waals surface area contributed by atoms with E-state index in [0.717, 1.165) is 38.2 Å². The molecule has 4 aromatic rings. The van der Waals surface area contributed by atoms with Gasteiger partial charge in [0, 0.05) is 41.5 Å². The Bertz CT molecular complexity index is 1650. The SMILES string of the molecule is COc1cc2c(Oc3ccc(NC(=O)N/N=C/c4ccc(F)cc4Cl)cc3F)ccnc2cc1OCCCN1CCCCC1. The zero-order valence-electron chi connectivity index (χ0n) is 24.1. The number of aromatic nitrogens is 1. The van der Waals surface area contributed by atoms with E-state index in [1.807, 2.05) is 0 Å². The van der Waals surface area contributed by atoms with Crippen LogP contribution >= 0.6 is 11.6 Å². The molecule has 0 aliphatic carbocycles. The summed E-state index contributed by atoms with van der Waals surface area (Å²) in [4.78, 5) is 19.1. The highest BCUT2D eigenvalue weighted by Gasteiger charge is 2.15. The third kappa shape index (κ3) is 8.12. The van der Waals surface area contributed by atoms with Crippen LogP contribution in [0.1, 0.15) is 31.2 Å². The summed E-state index contributed by atoms with van der Waals surface area (Å²) in [5.41, 5.74) is 3.43. The topological polar surface area (TPSA) is 97.3 Å². The second kappa shape index (κ2) is 14.8. The summed E-state index contributed by atoms with van der Waals surface area (Å²) in [6.07, 6.45) is 7.56. The maximum atomic E-state index is 15.0. The Labute approximate surface area is 258 Å². The van der Waals surface area contributed by atoms with E-state index in [0.29, 0.717) is 40.3 Å². The second-order valence-corrected chi connectivity index (χ2v) is 10.6. The number of nitrogens with zero attached hydrogens (tertiary/aromatic N) is 3. The Balaban J connectivity index is 1.21. The number of halogens is 3. The summed E-state index contributed by atoms with van der Waals surface area (Å²) in [6, 6.07) is 12.2. The molecule has 3 aromatic carbocycles. The number of hydrogen-bond donors (Lipinski definition) is 2. The van der Waals surface area contributed by atoms with E-state index in [4.69, 9.17) is 25.8 Å². The standard InChI is InChI=1S/C32H32ClF2N5O4/c1-42-30-18-24-27(19-31(30)43-15-5-14-40-12-3-2-4-13-40)36-11-10-28(24)44-29-9-8-23(17-26(29)35)38-32(41)39-37-20-21-6-7-22(34)16-25(21)33/h6-11,16-20H,2-5,12-15H2,1H3,(H2,38,39,41)/b37-20+. The molecule has 2 amide bonds. The lowest BCUT2D eigenvalue weighted by molar-refractivity contribution is 0.203. The van der Waals surface area contributed by atoms with Gasteiger partial charge in [-0.15, -0.1) is 0 Å². The summed E-state index contributed by atoms with van der Waals surface area (Å²) in [7, 11) is 1.56. The molecule has 0 saturated carbocycles. The van der Waals surface area contributed by atoms with E-state index in [2.05, 4.69) is 25.7 Å². The van der Waals surface area contributed by atoms with Crippen molar-refractivity contribution in [3.63, 3.8) is 0 Å². The molecule has 0 unspecified atom stereocenters. The van der Waals surface area contributed by atoms with Gasteiger partial charge in [0.25, 0.3) is 0 Å². The number of urea groups is 1. The fraction of sp³-hybridized carbons (Fsp3) is 0.281. The van der Waals surface area contributed by atoms with Crippen molar-refractivity contribution >= 4 is 40.4 Å². The Morgan fingerprint density at radius 3 is 2.64 bits per heavy atom. The fourth-order valence-electron chi connectivity index (χ4n) is 4.85. The molecule has 44 heavy (non-hydrogen) atoms. The molecule has 1 aromatic heterocycles. The van der Waals surface area contributed by atoms with Crippen molar-refractivity contribution in [2.45, 2.75) is 25.7 Å². The molecular weight excluding hydrogens is 592 g/mol. The largest absolute Gasteiger partial charge is 0.493 e. The van der Waals surface area contributed by atoms with E-state index < -0.39 is 17.7 Å². The molecular formula is C32H32ClF2N5O4. The number of carbonyl (C=O) groups is 1. The van der Waals surface area contributed by atoms with E-state index in [1.165, 1.54) is 49.7 Å². The van der Waals surface area contributed by atoms with Crippen LogP contribution in [0.4, 0.5) is 19.3 Å². The van der Waals surface area contributed by atoms with E-state index >= 15 is 4.39 Å². The molecule has 5 rings (SSSR count). The maximum Gasteiger partial charge on any atom is 0.339 e. The van der Waals surface area contributed by atoms with E-state index in [9.17, 15) is 9.18 Å². The molecule has 9 nitrogen and oxygen atoms in total. The second-order valence-electron chi connectivity index (χ2n) is 10.2. The Hall–Kier alpha value is -4.48. The van der Waals surface area contributed by atoms with Gasteiger partial charge in [0.2, 0.25) is 0 Å². The van der Waals surface area contributed by atoms with Crippen molar-refractivity contribution in [2.24, 2.45) is 5.10 Å². The molecule has 12 heteroatoms. The highest BCUT2D eigenvalue weighted by molar-refractivity contribution is 6.33. The van der Waals surface area contributed by atoms with Crippen LogP contribution in [0.2, 0.25) is 5.02 Å². The molecule has 1 fully saturated rings. The molecule has 0 atom stereocenters. The molecule has 0 spiro atoms. The molecule has 2 N–H and O–H groups in total. The summed E-state index contributed by atoms with van der Waals surface area (Å²) < 4.78 is 45.7. The van der Waals surface area contributed by atoms with Crippen molar-refractivity contribution in [1.82, 2.24) is 15.3 Å². The average Bonchev–Trinajstić information content (AvgIpc) is 3.02. The first-order valence-electron chi connectivity index (χ1n) is 14.2. The third-order valence-corrected chi connectivity index (χ3v) is 7.38. The molecule has 0 radical (unpaired) electrons. The fourth-order valence-corrected chi connectivity index (χ4v) is 5.06. The molecule has 1 aliphatic heterocycles. The number of likely N-dealkylation sites (tertiary alicyclic amines) is 1. The van der Waals surface area contributed by atoms with Gasteiger partial charge in [-0.25, -0.2) is 19.0 Å². The Kier molecular flexibility index (Phi) is 10.4. The number of hydrogen-bond acceptors (Lipinski definition) is 7. The number of benzene rings is 3. The summed E-state index contributed by atoms with van der Waals surface area (Å²) >= 11 is 5.94. The summed E-state index contributed by atoms with van der Waals surface area (Å²) in [5, 5.41) is 7.01. The van der Waals surface area contributed by atoms with Crippen LogP contribution in [-0.2, 0) is 0 Å². The maximum absolute atomic E-state index is 15.0. The van der Waals surface area contributed by atoms with E-state index in [1.54, 1.807) is 31.5 Å². The van der Waals surface area contributed by atoms with Crippen molar-refractivity contribution in [3.8, 4) is 23.0 Å². The molecule has 230 valence electrons. The van der Waals surface area contributed by atoms with Crippen LogP contribution in [0, 0.1) is 11.6 Å². The number of piperidine rings is 1. The smallest absolute Gasteiger partial charge is 0.339 e. The monoisotopic (exact) mass is 623 g/mol. The number of amides is 2. The van der Waals surface area contributed by atoms with Crippen LogP contribution in [-0.4, -0.2) is 55.5 Å². The van der Waals surface area contributed by atoms with Gasteiger partial charge in [0.05, 0.1) is 30.5 Å². The van der Waals surface area contributed by atoms with Gasteiger partial charge in [0.1, 0.15) is 11.6 Å². The average molecular weight is 624 g/mol. The minimum absolute atomic E-state index is 0.0514. The number of hydrazone groups is 1. The van der Waals surface area contributed by atoms with Gasteiger partial charge in [-0.3, -0.25) is 4.98 Å². The lowest BCUT2D eigenvalue weighted by Gasteiger charge is -2.26. The van der Waals surface area contributed by atoms with Gasteiger partial charge in [-0.1, -0.05) is 18.0 Å². The van der Waals surface area contributed by atoms with E-state index in [-0.39, 0.29) is 16.5 Å². The van der Waals surface area contributed by atoms with Crippen LogP contribution < -0.4 is 25.0 Å². The predicted octanol–water partition coefficient (Wildman–Crippen LogP) is 7.38. The van der Waals surface area contributed by atoms with Crippen LogP contribution in [0.15, 0.2) is 65.9 Å². The van der Waals surface area contributed by atoms with Crippen LogP contribution in [0.5, 0.6) is 23.0 Å². The number of rotatable bonds is 11. The number of pyridine rings is 1. The minimum atomic E-state index is -0.718. The number of anilines is 1. The summed E-state index contributed by atoms with van der Waals surface area (Å²) in [6.45, 7) is 3.84. The minimum Gasteiger partial charge on any atom is -0.493 e. The first-order valence-corrected chi connectivity index (χ1v) is 14.6. The van der Waals surface area contributed by atoms with Gasteiger partial charge < -0.3 is 24.4 Å². The number of ether oxygens (including phenoxy) is 3. The van der Waals surface area contributed by atoms with Gasteiger partial charge in [-0.05, 0) is 74.8 Å². The van der Waals surface area contributed by atoms with Crippen molar-refractivity contribution in [3.05, 3.63) is 83.0 Å². The quantitative estimate of drug-likeness (QED) is 0.103. The highest BCUT2D eigenvalue weighted by Crippen LogP contribution is 2.38. The number of nitrogens with one attached hydrogen (secondary N) is 2. The number of fused-ring (bicyclic) bond motifs is 1. The van der Waals surface area contributed by atoms with Crippen LogP contribution in [0.25, 0.3) is 10.9 Å². The zero-order valence-corrected chi connectivity index (χ0v) is 24.9. The molecule has 1 aliphatic rings. The first-order chi connectivity index (χ1) is 21.4. The molecule has 0 bridgehead atoms. The lowest BCUT2D eigenvalue weighted by atomic mass is 10.1. The van der Waals surface area contributed by atoms with Crippen LogP contribution in [0.3, 0.4) is 0 Å². The van der Waals surface area contributed by atoms with Gasteiger partial charge in [0.15, 0.2) is 23.1 Å². The van der Waals surface area contributed by atoms with Gasteiger partial charge >= 0.3 is 6.03 Å². The summed E-state index contributed by atoms with van der Waals surface area (Å²) in [5.74, 6) is 0.226. The first kappa shape index (κ1) is 31.0. The Morgan fingerprint density at radius 2 is 1.86 bits per heavy atom. The third-order valence-electron chi connectivity index (χ3n) is 7.05. The normalized spacial score (nSPS) is 13.6. The number of methoxy groups -OCH3 is 1. The van der Waals surface area contributed by atoms with Gasteiger partial charge in [-0.2, -0.15) is 5.10 Å². The molecule has 2 heterocycles. The van der Waals surface area contributed by atoms with Crippen molar-refractivity contribution in [2.75, 3.05) is 38.7 Å². The van der Waals surface area contributed by atoms with Crippen molar-refractivity contribution < 1.29 is 27.8 Å². The molecule has 1 saturated heterocycles. The highest BCUT2D eigenvalue weighted by atomic mass is 35.5. The Morgan fingerprint density at radius 1 is 1.02 bits per heavy atom. The number of carbonyl (C=O) groups excluding carboxylic acids is 1. The lowest BCUT2D eigenvalue weighted by Crippen LogP contribution is -2.31. The predicted molar refractivity (Wildman–Crippen MR) is 166 cm³/mol. The van der Waals surface area contributed by atoms with Crippen molar-refractivity contribution in [1.29, 1.82) is 0 Å². The zero-order chi connectivity index (χ0) is 30.9.